The lowest BCUT2D eigenvalue weighted by Crippen LogP contribution is -2.28. The molecule has 0 atom stereocenters. The summed E-state index contributed by atoms with van der Waals surface area (Å²) >= 11 is 0. The summed E-state index contributed by atoms with van der Waals surface area (Å²) < 4.78 is 46.1. The van der Waals surface area contributed by atoms with Crippen LogP contribution in [0.2, 0.25) is 0 Å². The van der Waals surface area contributed by atoms with Crippen LogP contribution in [0.3, 0.4) is 0 Å². The third kappa shape index (κ3) is 3.28. The van der Waals surface area contributed by atoms with Crippen molar-refractivity contribution in [1.82, 2.24) is 0 Å². The van der Waals surface area contributed by atoms with Crippen molar-refractivity contribution in [3.63, 3.8) is 0 Å². The van der Waals surface area contributed by atoms with Gasteiger partial charge in [-0.05, 0) is 24.7 Å². The molecule has 0 aromatic carbocycles. The van der Waals surface area contributed by atoms with Crippen molar-refractivity contribution in [2.75, 3.05) is 0 Å². The van der Waals surface area contributed by atoms with Crippen LogP contribution in [0.15, 0.2) is 0 Å². The van der Waals surface area contributed by atoms with Crippen LogP contribution in [-0.2, 0) is 9.05 Å². The van der Waals surface area contributed by atoms with Crippen LogP contribution >= 0.6 is 10.7 Å². The van der Waals surface area contributed by atoms with Gasteiger partial charge >= 0.3 is 0 Å². The molecule has 0 aromatic heterocycles. The molecule has 1 aliphatic rings. The van der Waals surface area contributed by atoms with Gasteiger partial charge < -0.3 is 0 Å². The predicted octanol–water partition coefficient (Wildman–Crippen LogP) is 3.16. The van der Waals surface area contributed by atoms with E-state index >= 15 is 0 Å². The van der Waals surface area contributed by atoms with E-state index in [-0.39, 0.29) is 12.8 Å². The second kappa shape index (κ2) is 3.84. The molecule has 0 N–H and O–H groups in total. The lowest BCUT2D eigenvalue weighted by Gasteiger charge is -2.27. The van der Waals surface area contributed by atoms with Crippen LogP contribution in [-0.4, -0.2) is 19.6 Å². The van der Waals surface area contributed by atoms with E-state index in [4.69, 9.17) is 10.7 Å². The van der Waals surface area contributed by atoms with Gasteiger partial charge in [0.15, 0.2) is 0 Å². The zero-order valence-corrected chi connectivity index (χ0v) is 10.3. The summed E-state index contributed by atoms with van der Waals surface area (Å²) in [5.74, 6) is 0. The molecule has 2 nitrogen and oxygen atoms in total. The first-order chi connectivity index (χ1) is 6.58. The molecule has 0 radical (unpaired) electrons. The smallest absolute Gasteiger partial charge is 0.212 e. The van der Waals surface area contributed by atoms with Crippen LogP contribution in [0.25, 0.3) is 0 Å². The molecule has 1 fully saturated rings. The summed E-state index contributed by atoms with van der Waals surface area (Å²) in [6.07, 6.45) is -1.50. The van der Waals surface area contributed by atoms with Crippen LogP contribution in [0.4, 0.5) is 8.78 Å². The summed E-state index contributed by atoms with van der Waals surface area (Å²) in [7, 11) is 1.68. The highest BCUT2D eigenvalue weighted by atomic mass is 35.7. The van der Waals surface area contributed by atoms with E-state index in [1.54, 1.807) is 13.8 Å². The van der Waals surface area contributed by atoms with E-state index in [0.717, 1.165) is 0 Å². The van der Waals surface area contributed by atoms with E-state index in [1.165, 1.54) is 0 Å². The van der Waals surface area contributed by atoms with E-state index in [2.05, 4.69) is 0 Å². The Morgan fingerprint density at radius 2 is 1.87 bits per heavy atom. The molecule has 0 saturated heterocycles. The molecule has 0 aliphatic heterocycles. The molecular weight excluding hydrogens is 246 g/mol. The van der Waals surface area contributed by atoms with E-state index in [1.807, 2.05) is 0 Å². The second-order valence-corrected chi connectivity index (χ2v) is 8.02. The lowest BCUT2D eigenvalue weighted by molar-refractivity contribution is 0.0822. The fourth-order valence-electron chi connectivity index (χ4n) is 2.01. The summed E-state index contributed by atoms with van der Waals surface area (Å²) in [5, 5.41) is 0. The van der Waals surface area contributed by atoms with E-state index in [0.29, 0.717) is 12.8 Å². The van der Waals surface area contributed by atoms with E-state index < -0.39 is 25.6 Å². The van der Waals surface area contributed by atoms with E-state index in [9.17, 15) is 17.2 Å². The predicted molar refractivity (Wildman–Crippen MR) is 55.8 cm³/mol. The fraction of sp³-hybridized carbons (Fsp3) is 1.00. The van der Waals surface area contributed by atoms with Crippen LogP contribution in [0.1, 0.15) is 39.5 Å². The quantitative estimate of drug-likeness (QED) is 0.712. The van der Waals surface area contributed by atoms with Crippen LogP contribution < -0.4 is 0 Å². The van der Waals surface area contributed by atoms with Gasteiger partial charge in [0.2, 0.25) is 15.5 Å². The van der Waals surface area contributed by atoms with Crippen molar-refractivity contribution in [1.29, 1.82) is 0 Å². The zero-order valence-electron chi connectivity index (χ0n) is 8.76. The highest BCUT2D eigenvalue weighted by molar-refractivity contribution is 8.15. The van der Waals surface area contributed by atoms with Crippen LogP contribution in [0, 0.1) is 5.41 Å². The maximum atomic E-state index is 12.2. The van der Waals surface area contributed by atoms with Crippen LogP contribution in [0.5, 0.6) is 0 Å². The second-order valence-electron chi connectivity index (χ2n) is 5.06. The van der Waals surface area contributed by atoms with Crippen molar-refractivity contribution in [3.05, 3.63) is 0 Å². The Morgan fingerprint density at radius 1 is 1.40 bits per heavy atom. The van der Waals surface area contributed by atoms with Gasteiger partial charge in [0, 0.05) is 17.1 Å². The summed E-state index contributed by atoms with van der Waals surface area (Å²) in [5.41, 5.74) is -0.688. The SMILES string of the molecule is CC(C)(CC(F)F)CC1(S(=O)(=O)Cl)CC1. The summed E-state index contributed by atoms with van der Waals surface area (Å²) in [6, 6.07) is 0. The fourth-order valence-corrected chi connectivity index (χ4v) is 3.79. The normalized spacial score (nSPS) is 20.7. The minimum absolute atomic E-state index is 0.218. The number of hydrogen-bond donors (Lipinski definition) is 0. The van der Waals surface area contributed by atoms with Gasteiger partial charge in [-0.2, -0.15) is 0 Å². The molecule has 0 bridgehead atoms. The van der Waals surface area contributed by atoms with Gasteiger partial charge in [0.25, 0.3) is 0 Å². The minimum atomic E-state index is -3.63. The van der Waals surface area contributed by atoms with Gasteiger partial charge in [-0.1, -0.05) is 13.8 Å². The Kier molecular flexibility index (Phi) is 3.37. The Labute approximate surface area is 93.4 Å². The molecule has 0 spiro atoms. The molecule has 1 rings (SSSR count). The Bertz CT molecular complexity index is 334. The molecule has 1 aliphatic carbocycles. The van der Waals surface area contributed by atoms with Crippen molar-refractivity contribution >= 4 is 19.7 Å². The molecular formula is C9H15ClF2O2S. The highest BCUT2D eigenvalue weighted by Crippen LogP contribution is 2.53. The summed E-state index contributed by atoms with van der Waals surface area (Å²) in [6.45, 7) is 3.31. The third-order valence-electron chi connectivity index (χ3n) is 2.83. The van der Waals surface area contributed by atoms with Crippen molar-refractivity contribution in [3.8, 4) is 0 Å². The van der Waals surface area contributed by atoms with Gasteiger partial charge in [0.1, 0.15) is 0 Å². The van der Waals surface area contributed by atoms with Gasteiger partial charge in [-0.3, -0.25) is 0 Å². The number of hydrogen-bond acceptors (Lipinski definition) is 2. The molecule has 1 saturated carbocycles. The Morgan fingerprint density at radius 3 is 2.13 bits per heavy atom. The molecule has 0 unspecified atom stereocenters. The first kappa shape index (κ1) is 13.2. The zero-order chi connectivity index (χ0) is 11.9. The maximum absolute atomic E-state index is 12.2. The minimum Gasteiger partial charge on any atom is -0.212 e. The Balaban J connectivity index is 2.70. The Hall–Kier alpha value is 0.1000. The molecule has 90 valence electrons. The topological polar surface area (TPSA) is 34.1 Å². The van der Waals surface area contributed by atoms with Gasteiger partial charge in [0.05, 0.1) is 4.75 Å². The first-order valence-electron chi connectivity index (χ1n) is 4.80. The summed E-state index contributed by atoms with van der Waals surface area (Å²) in [4.78, 5) is 0. The van der Waals surface area contributed by atoms with Crippen molar-refractivity contribution in [2.24, 2.45) is 5.41 Å². The van der Waals surface area contributed by atoms with Crippen molar-refractivity contribution in [2.45, 2.75) is 50.7 Å². The largest absolute Gasteiger partial charge is 0.239 e. The number of alkyl halides is 2. The lowest BCUT2D eigenvalue weighted by atomic mass is 9.83. The molecule has 0 amide bonds. The monoisotopic (exact) mass is 260 g/mol. The van der Waals surface area contributed by atoms with Gasteiger partial charge in [-0.15, -0.1) is 0 Å². The standard InChI is InChI=1S/C9H15ClF2O2S/c1-8(2,5-7(11)12)6-9(3-4-9)15(10,13)14/h7H,3-6H2,1-2H3. The number of rotatable bonds is 5. The number of halogens is 3. The average molecular weight is 261 g/mol. The molecule has 0 heterocycles. The average Bonchev–Trinajstić information content (AvgIpc) is 2.61. The first-order valence-corrected chi connectivity index (χ1v) is 7.11. The molecule has 6 heteroatoms. The highest BCUT2D eigenvalue weighted by Gasteiger charge is 2.56. The third-order valence-corrected chi connectivity index (χ3v) is 5.40. The molecule has 15 heavy (non-hydrogen) atoms. The van der Waals surface area contributed by atoms with Gasteiger partial charge in [-0.25, -0.2) is 17.2 Å². The molecule has 0 aromatic rings. The van der Waals surface area contributed by atoms with Crippen molar-refractivity contribution < 1.29 is 17.2 Å². The maximum Gasteiger partial charge on any atom is 0.239 e.